The Labute approximate surface area is 300 Å². The highest BCUT2D eigenvalue weighted by molar-refractivity contribution is 6.02. The lowest BCUT2D eigenvalue weighted by atomic mass is 10.0. The van der Waals surface area contributed by atoms with Crippen LogP contribution in [0.1, 0.15) is 116 Å². The van der Waals surface area contributed by atoms with E-state index >= 15 is 0 Å². The van der Waals surface area contributed by atoms with Crippen molar-refractivity contribution in [3.63, 3.8) is 0 Å². The van der Waals surface area contributed by atoms with Crippen LogP contribution in [-0.4, -0.2) is 38.1 Å². The van der Waals surface area contributed by atoms with Gasteiger partial charge in [-0.1, -0.05) is 103 Å². The number of carbonyl (C=O) groups excluding carboxylic acids is 2. The minimum atomic E-state index is -0.396. The maximum absolute atomic E-state index is 12.6. The Morgan fingerprint density at radius 1 is 0.620 bits per heavy atom. The first-order chi connectivity index (χ1) is 24.4. The Morgan fingerprint density at radius 3 is 1.32 bits per heavy atom. The molecule has 0 saturated carbocycles. The molecular weight excluding hydrogens is 624 g/mol. The zero-order valence-corrected chi connectivity index (χ0v) is 30.8. The molecule has 2 unspecified atom stereocenters. The molecule has 0 aromatic heterocycles. The SMILES string of the molecule is CCCCC(CC)COc1ccc(/C=C(/C#N)C(=O)NCCCCCCNC(=O)/C(C#N)=C/c2ccc(OCC(CC)CCCC)cc2)cc1. The van der Waals surface area contributed by atoms with Gasteiger partial charge in [0.1, 0.15) is 34.8 Å². The van der Waals surface area contributed by atoms with Crippen molar-refractivity contribution in [1.29, 1.82) is 10.5 Å². The van der Waals surface area contributed by atoms with Crippen molar-refractivity contribution < 1.29 is 19.1 Å². The highest BCUT2D eigenvalue weighted by Gasteiger charge is 2.11. The summed E-state index contributed by atoms with van der Waals surface area (Å²) < 4.78 is 11.9. The van der Waals surface area contributed by atoms with E-state index in [4.69, 9.17) is 9.47 Å². The van der Waals surface area contributed by atoms with Gasteiger partial charge in [-0.3, -0.25) is 9.59 Å². The van der Waals surface area contributed by atoms with Crippen LogP contribution in [0.3, 0.4) is 0 Å². The van der Waals surface area contributed by atoms with E-state index in [-0.39, 0.29) is 11.1 Å². The van der Waals surface area contributed by atoms with Crippen LogP contribution in [-0.2, 0) is 9.59 Å². The maximum atomic E-state index is 12.6. The van der Waals surface area contributed by atoms with Crippen molar-refractivity contribution in [2.45, 2.75) is 105 Å². The lowest BCUT2D eigenvalue weighted by Gasteiger charge is -2.15. The van der Waals surface area contributed by atoms with Crippen LogP contribution < -0.4 is 20.1 Å². The molecular formula is C42H58N4O4. The van der Waals surface area contributed by atoms with Crippen molar-refractivity contribution in [2.24, 2.45) is 11.8 Å². The highest BCUT2D eigenvalue weighted by Crippen LogP contribution is 2.20. The summed E-state index contributed by atoms with van der Waals surface area (Å²) >= 11 is 0. The van der Waals surface area contributed by atoms with Crippen molar-refractivity contribution in [3.8, 4) is 23.6 Å². The summed E-state index contributed by atoms with van der Waals surface area (Å²) in [6, 6.07) is 18.9. The van der Waals surface area contributed by atoms with E-state index < -0.39 is 11.8 Å². The second-order valence-electron chi connectivity index (χ2n) is 12.9. The van der Waals surface area contributed by atoms with Gasteiger partial charge in [-0.25, -0.2) is 0 Å². The number of unbranched alkanes of at least 4 members (excludes halogenated alkanes) is 5. The molecule has 2 atom stereocenters. The molecule has 2 amide bonds. The first kappa shape index (κ1) is 41.6. The zero-order chi connectivity index (χ0) is 36.4. The third-order valence-corrected chi connectivity index (χ3v) is 8.84. The number of amides is 2. The van der Waals surface area contributed by atoms with Gasteiger partial charge in [0.25, 0.3) is 11.8 Å². The van der Waals surface area contributed by atoms with Gasteiger partial charge in [0.2, 0.25) is 0 Å². The number of nitrogens with zero attached hydrogens (tertiary/aromatic N) is 2. The van der Waals surface area contributed by atoms with Gasteiger partial charge in [-0.15, -0.1) is 0 Å². The third-order valence-electron chi connectivity index (χ3n) is 8.84. The minimum absolute atomic E-state index is 0.0561. The molecule has 8 heteroatoms. The maximum Gasteiger partial charge on any atom is 0.261 e. The molecule has 0 aliphatic carbocycles. The molecule has 0 fully saturated rings. The van der Waals surface area contributed by atoms with E-state index in [0.717, 1.165) is 61.2 Å². The Morgan fingerprint density at radius 2 is 1.00 bits per heavy atom. The first-order valence-corrected chi connectivity index (χ1v) is 18.6. The predicted octanol–water partition coefficient (Wildman–Crippen LogP) is 9.18. The number of nitriles is 2. The summed E-state index contributed by atoms with van der Waals surface area (Å²) in [6.07, 6.45) is 15.7. The van der Waals surface area contributed by atoms with E-state index in [1.54, 1.807) is 12.2 Å². The fourth-order valence-corrected chi connectivity index (χ4v) is 5.37. The van der Waals surface area contributed by atoms with Crippen molar-refractivity contribution in [1.82, 2.24) is 10.6 Å². The summed E-state index contributed by atoms with van der Waals surface area (Å²) in [5.41, 5.74) is 1.64. The topological polar surface area (TPSA) is 124 Å². The standard InChI is InChI=1S/C42H58N4O4/c1-5-9-15-33(7-3)31-49-39-21-17-35(18-22-39)27-37(29-43)41(47)45-25-13-11-12-14-26-46-42(48)38(30-44)28-36-19-23-40(24-20-36)50-32-34(8-4)16-10-6-2/h17-24,27-28,33-34H,5-16,25-26,31-32H2,1-4H3,(H,45,47)(H,46,48)/b37-27-,38-28+. The van der Waals surface area contributed by atoms with E-state index in [9.17, 15) is 20.1 Å². The molecule has 0 spiro atoms. The number of hydrogen-bond donors (Lipinski definition) is 2. The van der Waals surface area contributed by atoms with Crippen molar-refractivity contribution in [2.75, 3.05) is 26.3 Å². The molecule has 2 aromatic carbocycles. The molecule has 0 heterocycles. The van der Waals surface area contributed by atoms with Gasteiger partial charge < -0.3 is 20.1 Å². The van der Waals surface area contributed by atoms with E-state index in [2.05, 4.69) is 38.3 Å². The van der Waals surface area contributed by atoms with Crippen LogP contribution in [0.2, 0.25) is 0 Å². The van der Waals surface area contributed by atoms with Gasteiger partial charge >= 0.3 is 0 Å². The molecule has 2 N–H and O–H groups in total. The summed E-state index contributed by atoms with van der Waals surface area (Å²) in [7, 11) is 0. The lowest BCUT2D eigenvalue weighted by molar-refractivity contribution is -0.117. The summed E-state index contributed by atoms with van der Waals surface area (Å²) in [5.74, 6) is 1.87. The number of rotatable bonds is 25. The molecule has 0 bridgehead atoms. The van der Waals surface area contributed by atoms with Crippen LogP contribution >= 0.6 is 0 Å². The fourth-order valence-electron chi connectivity index (χ4n) is 5.37. The molecule has 2 rings (SSSR count). The number of ether oxygens (including phenoxy) is 2. The number of carbonyl (C=O) groups is 2. The van der Waals surface area contributed by atoms with Gasteiger partial charge in [-0.05, 0) is 85.1 Å². The fraction of sp³-hybridized carbons (Fsp3) is 0.524. The second-order valence-corrected chi connectivity index (χ2v) is 12.9. The van der Waals surface area contributed by atoms with Crippen LogP contribution in [0.5, 0.6) is 11.5 Å². The normalized spacial score (nSPS) is 12.7. The molecule has 0 aliphatic rings. The van der Waals surface area contributed by atoms with Gasteiger partial charge in [-0.2, -0.15) is 10.5 Å². The lowest BCUT2D eigenvalue weighted by Crippen LogP contribution is -2.26. The largest absolute Gasteiger partial charge is 0.493 e. The molecule has 8 nitrogen and oxygen atoms in total. The monoisotopic (exact) mass is 682 g/mol. The van der Waals surface area contributed by atoms with Gasteiger partial charge in [0.15, 0.2) is 0 Å². The molecule has 0 radical (unpaired) electrons. The third kappa shape index (κ3) is 16.7. The van der Waals surface area contributed by atoms with E-state index in [0.29, 0.717) is 38.1 Å². The molecule has 0 aliphatic heterocycles. The molecule has 50 heavy (non-hydrogen) atoms. The zero-order valence-electron chi connectivity index (χ0n) is 30.8. The predicted molar refractivity (Wildman–Crippen MR) is 202 cm³/mol. The molecule has 270 valence electrons. The summed E-state index contributed by atoms with van der Waals surface area (Å²) in [5, 5.41) is 24.7. The highest BCUT2D eigenvalue weighted by atomic mass is 16.5. The van der Waals surface area contributed by atoms with E-state index in [1.165, 1.54) is 38.5 Å². The average molecular weight is 683 g/mol. The Bertz CT molecular complexity index is 1310. The van der Waals surface area contributed by atoms with Crippen molar-refractivity contribution >= 4 is 24.0 Å². The van der Waals surface area contributed by atoms with Gasteiger partial charge in [0, 0.05) is 13.1 Å². The molecule has 0 saturated heterocycles. The van der Waals surface area contributed by atoms with Crippen LogP contribution in [0.4, 0.5) is 0 Å². The minimum Gasteiger partial charge on any atom is -0.493 e. The van der Waals surface area contributed by atoms with Gasteiger partial charge in [0.05, 0.1) is 13.2 Å². The smallest absolute Gasteiger partial charge is 0.261 e. The van der Waals surface area contributed by atoms with Crippen LogP contribution in [0, 0.1) is 34.5 Å². The van der Waals surface area contributed by atoms with E-state index in [1.807, 2.05) is 60.7 Å². The Hall–Kier alpha value is -4.56. The quantitative estimate of drug-likeness (QED) is 0.0611. The Balaban J connectivity index is 1.67. The first-order valence-electron chi connectivity index (χ1n) is 18.6. The number of nitrogens with one attached hydrogen (secondary N) is 2. The molecule has 2 aromatic rings. The van der Waals surface area contributed by atoms with Crippen LogP contribution in [0.15, 0.2) is 59.7 Å². The van der Waals surface area contributed by atoms with Crippen LogP contribution in [0.25, 0.3) is 12.2 Å². The van der Waals surface area contributed by atoms with Crippen molar-refractivity contribution in [3.05, 3.63) is 70.8 Å². The summed E-state index contributed by atoms with van der Waals surface area (Å²) in [4.78, 5) is 25.2. The number of hydrogen-bond acceptors (Lipinski definition) is 6. The average Bonchev–Trinajstić information content (AvgIpc) is 3.14. The Kier molecular flexibility index (Phi) is 21.2. The summed E-state index contributed by atoms with van der Waals surface area (Å²) in [6.45, 7) is 11.1. The second kappa shape index (κ2) is 25.4. The number of benzene rings is 2.